The first kappa shape index (κ1) is 25.2. The Bertz CT molecular complexity index is 1020. The summed E-state index contributed by atoms with van der Waals surface area (Å²) >= 11 is 0. The molecule has 0 aromatic heterocycles. The Balaban J connectivity index is 1.95. The molecule has 0 radical (unpaired) electrons. The molecule has 0 saturated carbocycles. The Labute approximate surface area is 204 Å². The van der Waals surface area contributed by atoms with E-state index in [-0.39, 0.29) is 23.8 Å². The number of hydrogen-bond acceptors (Lipinski definition) is 2. The van der Waals surface area contributed by atoms with E-state index < -0.39 is 6.04 Å². The van der Waals surface area contributed by atoms with Crippen molar-refractivity contribution < 1.29 is 9.59 Å². The van der Waals surface area contributed by atoms with Crippen molar-refractivity contribution in [2.75, 3.05) is 0 Å². The van der Waals surface area contributed by atoms with Gasteiger partial charge in [-0.05, 0) is 43.9 Å². The maximum Gasteiger partial charge on any atom is 0.243 e. The van der Waals surface area contributed by atoms with Crippen LogP contribution in [0, 0.1) is 6.92 Å². The van der Waals surface area contributed by atoms with E-state index in [4.69, 9.17) is 0 Å². The highest BCUT2D eigenvalue weighted by atomic mass is 16.2. The van der Waals surface area contributed by atoms with E-state index in [0.717, 1.165) is 22.3 Å². The van der Waals surface area contributed by atoms with Gasteiger partial charge in [0.25, 0.3) is 0 Å². The highest BCUT2D eigenvalue weighted by molar-refractivity contribution is 5.88. The summed E-state index contributed by atoms with van der Waals surface area (Å²) in [6, 6.07) is 27.9. The second-order valence-corrected chi connectivity index (χ2v) is 9.18. The van der Waals surface area contributed by atoms with Crippen LogP contribution in [0.1, 0.15) is 61.8 Å². The normalized spacial score (nSPS) is 11.9. The van der Waals surface area contributed by atoms with Crippen molar-refractivity contribution >= 4 is 11.8 Å². The maximum atomic E-state index is 13.9. The summed E-state index contributed by atoms with van der Waals surface area (Å²) in [4.78, 5) is 28.8. The summed E-state index contributed by atoms with van der Waals surface area (Å²) in [7, 11) is 0. The van der Waals surface area contributed by atoms with Crippen LogP contribution in [0.25, 0.3) is 0 Å². The molecule has 0 unspecified atom stereocenters. The van der Waals surface area contributed by atoms with E-state index >= 15 is 0 Å². The van der Waals surface area contributed by atoms with Gasteiger partial charge in [-0.3, -0.25) is 9.59 Å². The van der Waals surface area contributed by atoms with Crippen LogP contribution in [-0.2, 0) is 16.1 Å². The van der Waals surface area contributed by atoms with E-state index in [1.54, 1.807) is 4.90 Å². The number of benzene rings is 3. The fraction of sp³-hybridized carbons (Fsp3) is 0.333. The molecule has 0 aliphatic rings. The van der Waals surface area contributed by atoms with E-state index in [9.17, 15) is 9.59 Å². The molecule has 1 N–H and O–H groups in total. The Morgan fingerprint density at radius 2 is 1.44 bits per heavy atom. The summed E-state index contributed by atoms with van der Waals surface area (Å²) in [5.41, 5.74) is 4.35. The first-order valence-electron chi connectivity index (χ1n) is 12.1. The molecule has 4 heteroatoms. The standard InChI is InChI=1S/C30H36N2O2/c1-5-28(30(34)31-22(2)3)32(21-24-14-12-13-23(4)19-24)29(33)20-27(25-15-8-6-9-16-25)26-17-10-7-11-18-26/h6-19,22,27-28H,5,20-21H2,1-4H3,(H,31,34)/t28-/m0/s1. The van der Waals surface area contributed by atoms with Crippen molar-refractivity contribution in [2.45, 2.75) is 65.1 Å². The third-order valence-electron chi connectivity index (χ3n) is 6.03. The number of carbonyl (C=O) groups excluding carboxylic acids is 2. The third kappa shape index (κ3) is 6.80. The summed E-state index contributed by atoms with van der Waals surface area (Å²) in [6.45, 7) is 8.30. The van der Waals surface area contributed by atoms with Gasteiger partial charge in [0.05, 0.1) is 0 Å². The minimum atomic E-state index is -0.525. The average molecular weight is 457 g/mol. The zero-order chi connectivity index (χ0) is 24.5. The van der Waals surface area contributed by atoms with Gasteiger partial charge in [0.1, 0.15) is 6.04 Å². The molecule has 0 fully saturated rings. The van der Waals surface area contributed by atoms with Crippen molar-refractivity contribution in [3.05, 3.63) is 107 Å². The second kappa shape index (κ2) is 12.2. The molecular formula is C30H36N2O2. The van der Waals surface area contributed by atoms with Gasteiger partial charge in [-0.15, -0.1) is 0 Å². The largest absolute Gasteiger partial charge is 0.352 e. The molecule has 3 aromatic carbocycles. The van der Waals surface area contributed by atoms with Gasteiger partial charge in [-0.1, -0.05) is 97.4 Å². The fourth-order valence-corrected chi connectivity index (χ4v) is 4.40. The molecule has 1 atom stereocenters. The molecule has 4 nitrogen and oxygen atoms in total. The summed E-state index contributed by atoms with van der Waals surface area (Å²) < 4.78 is 0. The van der Waals surface area contributed by atoms with Crippen LogP contribution >= 0.6 is 0 Å². The molecule has 0 aliphatic carbocycles. The van der Waals surface area contributed by atoms with Crippen molar-refractivity contribution in [1.82, 2.24) is 10.2 Å². The van der Waals surface area contributed by atoms with Crippen molar-refractivity contribution in [3.8, 4) is 0 Å². The lowest BCUT2D eigenvalue weighted by molar-refractivity contribution is -0.141. The molecule has 0 aliphatic heterocycles. The Hall–Kier alpha value is -3.40. The monoisotopic (exact) mass is 456 g/mol. The van der Waals surface area contributed by atoms with Gasteiger partial charge in [-0.25, -0.2) is 0 Å². The highest BCUT2D eigenvalue weighted by Gasteiger charge is 2.31. The van der Waals surface area contributed by atoms with Gasteiger partial charge in [0.2, 0.25) is 11.8 Å². The molecular weight excluding hydrogens is 420 g/mol. The molecule has 2 amide bonds. The predicted molar refractivity (Wildman–Crippen MR) is 138 cm³/mol. The van der Waals surface area contributed by atoms with Crippen LogP contribution in [0.4, 0.5) is 0 Å². The number of carbonyl (C=O) groups is 2. The zero-order valence-corrected chi connectivity index (χ0v) is 20.7. The molecule has 0 heterocycles. The van der Waals surface area contributed by atoms with Crippen LogP contribution in [0.2, 0.25) is 0 Å². The van der Waals surface area contributed by atoms with Gasteiger partial charge in [0.15, 0.2) is 0 Å². The van der Waals surface area contributed by atoms with E-state index in [0.29, 0.717) is 19.4 Å². The van der Waals surface area contributed by atoms with Crippen LogP contribution in [0.5, 0.6) is 0 Å². The molecule has 0 saturated heterocycles. The topological polar surface area (TPSA) is 49.4 Å². The lowest BCUT2D eigenvalue weighted by Gasteiger charge is -2.32. The van der Waals surface area contributed by atoms with Crippen molar-refractivity contribution in [1.29, 1.82) is 0 Å². The Morgan fingerprint density at radius 1 is 0.853 bits per heavy atom. The number of hydrogen-bond donors (Lipinski definition) is 1. The molecule has 178 valence electrons. The first-order chi connectivity index (χ1) is 16.4. The Morgan fingerprint density at radius 3 is 1.94 bits per heavy atom. The number of rotatable bonds is 10. The summed E-state index contributed by atoms with van der Waals surface area (Å²) in [5, 5.41) is 3.01. The van der Waals surface area contributed by atoms with E-state index in [1.807, 2.05) is 82.3 Å². The molecule has 0 bridgehead atoms. The third-order valence-corrected chi connectivity index (χ3v) is 6.03. The van der Waals surface area contributed by atoms with Crippen LogP contribution < -0.4 is 5.32 Å². The lowest BCUT2D eigenvalue weighted by Crippen LogP contribution is -2.50. The van der Waals surface area contributed by atoms with Gasteiger partial charge < -0.3 is 10.2 Å². The maximum absolute atomic E-state index is 13.9. The summed E-state index contributed by atoms with van der Waals surface area (Å²) in [5.74, 6) is -0.208. The number of aryl methyl sites for hydroxylation is 1. The van der Waals surface area contributed by atoms with Gasteiger partial charge in [-0.2, -0.15) is 0 Å². The quantitative estimate of drug-likeness (QED) is 0.416. The first-order valence-corrected chi connectivity index (χ1v) is 12.1. The number of nitrogens with zero attached hydrogens (tertiary/aromatic N) is 1. The fourth-order valence-electron chi connectivity index (χ4n) is 4.40. The van der Waals surface area contributed by atoms with Gasteiger partial charge in [0, 0.05) is 24.9 Å². The molecule has 3 aromatic rings. The van der Waals surface area contributed by atoms with E-state index in [1.165, 1.54) is 0 Å². The summed E-state index contributed by atoms with van der Waals surface area (Å²) in [6.07, 6.45) is 0.850. The van der Waals surface area contributed by atoms with Crippen LogP contribution in [0.15, 0.2) is 84.9 Å². The average Bonchev–Trinajstić information content (AvgIpc) is 2.83. The molecule has 3 rings (SSSR count). The number of nitrogens with one attached hydrogen (secondary N) is 1. The zero-order valence-electron chi connectivity index (χ0n) is 20.7. The molecule has 34 heavy (non-hydrogen) atoms. The van der Waals surface area contributed by atoms with Crippen LogP contribution in [0.3, 0.4) is 0 Å². The smallest absolute Gasteiger partial charge is 0.243 e. The SMILES string of the molecule is CC[C@@H](C(=O)NC(C)C)N(Cc1cccc(C)c1)C(=O)CC(c1ccccc1)c1ccccc1. The minimum Gasteiger partial charge on any atom is -0.352 e. The van der Waals surface area contributed by atoms with Crippen molar-refractivity contribution in [3.63, 3.8) is 0 Å². The minimum absolute atomic E-state index is 0.0128. The number of amides is 2. The highest BCUT2D eigenvalue weighted by Crippen LogP contribution is 2.29. The van der Waals surface area contributed by atoms with Crippen LogP contribution in [-0.4, -0.2) is 28.8 Å². The van der Waals surface area contributed by atoms with Gasteiger partial charge >= 0.3 is 0 Å². The second-order valence-electron chi connectivity index (χ2n) is 9.18. The van der Waals surface area contributed by atoms with E-state index in [2.05, 4.69) is 35.6 Å². The predicted octanol–water partition coefficient (Wildman–Crippen LogP) is 5.85. The Kier molecular flexibility index (Phi) is 9.03. The lowest BCUT2D eigenvalue weighted by atomic mass is 9.88. The molecule has 0 spiro atoms. The van der Waals surface area contributed by atoms with Crippen molar-refractivity contribution in [2.24, 2.45) is 0 Å².